The van der Waals surface area contributed by atoms with E-state index in [9.17, 15) is 9.59 Å². The molecular formula is C22H27N7O3. The second-order valence-corrected chi connectivity index (χ2v) is 8.65. The highest BCUT2D eigenvalue weighted by molar-refractivity contribution is 5.87. The van der Waals surface area contributed by atoms with Gasteiger partial charge in [-0.2, -0.15) is 5.10 Å². The van der Waals surface area contributed by atoms with E-state index in [0.717, 1.165) is 28.1 Å². The van der Waals surface area contributed by atoms with Crippen LogP contribution < -0.4 is 10.2 Å². The van der Waals surface area contributed by atoms with Crippen LogP contribution in [0.5, 0.6) is 0 Å². The van der Waals surface area contributed by atoms with Crippen molar-refractivity contribution in [2.24, 2.45) is 0 Å². The molecule has 1 aliphatic rings. The van der Waals surface area contributed by atoms with Gasteiger partial charge in [-0.15, -0.1) is 0 Å². The van der Waals surface area contributed by atoms with Gasteiger partial charge in [0.15, 0.2) is 5.65 Å². The fraction of sp³-hybridized carbons (Fsp3) is 0.409. The third-order valence-corrected chi connectivity index (χ3v) is 5.13. The van der Waals surface area contributed by atoms with Gasteiger partial charge in [0.2, 0.25) is 6.41 Å². The smallest absolute Gasteiger partial charge is 0.410 e. The Morgan fingerprint density at radius 3 is 2.69 bits per heavy atom. The molecular weight excluding hydrogens is 410 g/mol. The predicted octanol–water partition coefficient (Wildman–Crippen LogP) is 2.50. The molecule has 1 fully saturated rings. The summed E-state index contributed by atoms with van der Waals surface area (Å²) in [5, 5.41) is 8.04. The molecule has 168 valence electrons. The Morgan fingerprint density at radius 2 is 1.97 bits per heavy atom. The van der Waals surface area contributed by atoms with E-state index >= 15 is 0 Å². The van der Waals surface area contributed by atoms with Crippen LogP contribution in [-0.2, 0) is 16.1 Å². The van der Waals surface area contributed by atoms with Crippen LogP contribution >= 0.6 is 0 Å². The number of fused-ring (bicyclic) bond motifs is 1. The van der Waals surface area contributed by atoms with Gasteiger partial charge in [0, 0.05) is 31.9 Å². The molecule has 32 heavy (non-hydrogen) atoms. The Labute approximate surface area is 186 Å². The topological polar surface area (TPSA) is 105 Å². The molecule has 10 heteroatoms. The highest BCUT2D eigenvalue weighted by Crippen LogP contribution is 2.25. The van der Waals surface area contributed by atoms with E-state index in [1.54, 1.807) is 17.4 Å². The molecule has 2 aromatic heterocycles. The summed E-state index contributed by atoms with van der Waals surface area (Å²) >= 11 is 0. The highest BCUT2D eigenvalue weighted by atomic mass is 16.6. The van der Waals surface area contributed by atoms with Crippen LogP contribution in [0.3, 0.4) is 0 Å². The van der Waals surface area contributed by atoms with Gasteiger partial charge in [-0.3, -0.25) is 4.79 Å². The van der Waals surface area contributed by atoms with E-state index < -0.39 is 5.60 Å². The second-order valence-electron chi connectivity index (χ2n) is 8.65. The SMILES string of the molecule is CC(C)(C)OC(=O)N1CCN(c2ncnc3c2cnn3Cc2cccc(NC=O)c2)CC1. The van der Waals surface area contributed by atoms with E-state index in [4.69, 9.17) is 4.74 Å². The predicted molar refractivity (Wildman–Crippen MR) is 121 cm³/mol. The first-order valence-corrected chi connectivity index (χ1v) is 10.5. The van der Waals surface area contributed by atoms with E-state index in [0.29, 0.717) is 39.1 Å². The zero-order valence-corrected chi connectivity index (χ0v) is 18.5. The van der Waals surface area contributed by atoms with Gasteiger partial charge >= 0.3 is 6.09 Å². The average Bonchev–Trinajstić information content (AvgIpc) is 3.16. The molecule has 0 unspecified atom stereocenters. The summed E-state index contributed by atoms with van der Waals surface area (Å²) in [6.07, 6.45) is 3.69. The lowest BCUT2D eigenvalue weighted by atomic mass is 10.2. The number of hydrogen-bond acceptors (Lipinski definition) is 7. The van der Waals surface area contributed by atoms with E-state index in [2.05, 4.69) is 25.3 Å². The monoisotopic (exact) mass is 437 g/mol. The largest absolute Gasteiger partial charge is 0.444 e. The zero-order chi connectivity index (χ0) is 22.7. The number of piperazine rings is 1. The van der Waals surface area contributed by atoms with Crippen LogP contribution in [0, 0.1) is 0 Å². The van der Waals surface area contributed by atoms with Crippen molar-refractivity contribution in [3.63, 3.8) is 0 Å². The number of anilines is 2. The first-order chi connectivity index (χ1) is 15.3. The number of amides is 2. The summed E-state index contributed by atoms with van der Waals surface area (Å²) in [7, 11) is 0. The third-order valence-electron chi connectivity index (χ3n) is 5.13. The van der Waals surface area contributed by atoms with E-state index in [1.807, 2.05) is 49.7 Å². The van der Waals surface area contributed by atoms with Crippen LogP contribution in [-0.4, -0.2) is 68.9 Å². The van der Waals surface area contributed by atoms with Crippen LogP contribution in [0.2, 0.25) is 0 Å². The lowest BCUT2D eigenvalue weighted by Crippen LogP contribution is -2.50. The second kappa shape index (κ2) is 8.81. The number of carbonyl (C=O) groups is 2. The fourth-order valence-corrected chi connectivity index (χ4v) is 3.68. The Bertz CT molecular complexity index is 1110. The van der Waals surface area contributed by atoms with Crippen molar-refractivity contribution in [2.75, 3.05) is 36.4 Å². The first kappa shape index (κ1) is 21.5. The standard InChI is InChI=1S/C22H27N7O3/c1-22(2,3)32-21(31)28-9-7-27(8-10-28)19-18-12-26-29(20(18)24-14-23-19)13-16-5-4-6-17(11-16)25-15-30/h4-6,11-12,14-15H,7-10,13H2,1-3H3,(H,25,30). The highest BCUT2D eigenvalue weighted by Gasteiger charge is 2.27. The minimum atomic E-state index is -0.509. The number of nitrogens with one attached hydrogen (secondary N) is 1. The Balaban J connectivity index is 1.49. The van der Waals surface area contributed by atoms with Gasteiger partial charge in [0.25, 0.3) is 0 Å². The zero-order valence-electron chi connectivity index (χ0n) is 18.5. The van der Waals surface area contributed by atoms with Gasteiger partial charge in [0.05, 0.1) is 18.1 Å². The molecule has 10 nitrogen and oxygen atoms in total. The summed E-state index contributed by atoms with van der Waals surface area (Å²) < 4.78 is 7.29. The van der Waals surface area contributed by atoms with E-state index in [-0.39, 0.29) is 6.09 Å². The summed E-state index contributed by atoms with van der Waals surface area (Å²) in [5.74, 6) is 0.807. The van der Waals surface area contributed by atoms with Gasteiger partial charge in [-0.05, 0) is 38.5 Å². The first-order valence-electron chi connectivity index (χ1n) is 10.5. The van der Waals surface area contributed by atoms with Crippen molar-refractivity contribution in [1.29, 1.82) is 0 Å². The average molecular weight is 438 g/mol. The van der Waals surface area contributed by atoms with Gasteiger partial charge < -0.3 is 19.9 Å². The fourth-order valence-electron chi connectivity index (χ4n) is 3.68. The van der Waals surface area contributed by atoms with Crippen molar-refractivity contribution < 1.29 is 14.3 Å². The number of benzene rings is 1. The molecule has 1 aliphatic heterocycles. The van der Waals surface area contributed by atoms with Crippen molar-refractivity contribution in [1.82, 2.24) is 24.6 Å². The quantitative estimate of drug-likeness (QED) is 0.612. The number of carbonyl (C=O) groups excluding carboxylic acids is 2. The molecule has 0 saturated carbocycles. The van der Waals surface area contributed by atoms with Gasteiger partial charge in [0.1, 0.15) is 17.7 Å². The summed E-state index contributed by atoms with van der Waals surface area (Å²) in [5.41, 5.74) is 1.95. The van der Waals surface area contributed by atoms with Crippen molar-refractivity contribution in [2.45, 2.75) is 32.9 Å². The molecule has 3 aromatic rings. The molecule has 1 aromatic carbocycles. The number of hydrogen-bond donors (Lipinski definition) is 1. The van der Waals surface area contributed by atoms with Crippen molar-refractivity contribution in [3.8, 4) is 0 Å². The minimum absolute atomic E-state index is 0.288. The molecule has 4 rings (SSSR count). The number of rotatable bonds is 5. The number of aromatic nitrogens is 4. The maximum atomic E-state index is 12.3. The summed E-state index contributed by atoms with van der Waals surface area (Å²) in [4.78, 5) is 35.8. The van der Waals surface area contributed by atoms with Crippen LogP contribution in [0.15, 0.2) is 36.8 Å². The van der Waals surface area contributed by atoms with Crippen molar-refractivity contribution >= 4 is 35.0 Å². The van der Waals surface area contributed by atoms with Crippen LogP contribution in [0.25, 0.3) is 11.0 Å². The number of nitrogens with zero attached hydrogens (tertiary/aromatic N) is 6. The Hall–Kier alpha value is -3.69. The Kier molecular flexibility index (Phi) is 5.93. The molecule has 1 saturated heterocycles. The summed E-state index contributed by atoms with van der Waals surface area (Å²) in [6.45, 7) is 8.53. The number of ether oxygens (including phenoxy) is 1. The molecule has 0 atom stereocenters. The molecule has 0 bridgehead atoms. The molecule has 0 spiro atoms. The molecule has 0 aliphatic carbocycles. The Morgan fingerprint density at radius 1 is 1.19 bits per heavy atom. The van der Waals surface area contributed by atoms with Gasteiger partial charge in [-0.25, -0.2) is 19.4 Å². The lowest BCUT2D eigenvalue weighted by molar-refractivity contribution is -0.105. The molecule has 0 radical (unpaired) electrons. The summed E-state index contributed by atoms with van der Waals surface area (Å²) in [6, 6.07) is 7.59. The third kappa shape index (κ3) is 4.79. The minimum Gasteiger partial charge on any atom is -0.444 e. The van der Waals surface area contributed by atoms with E-state index in [1.165, 1.54) is 0 Å². The van der Waals surface area contributed by atoms with Gasteiger partial charge in [-0.1, -0.05) is 12.1 Å². The van der Waals surface area contributed by atoms with Crippen LogP contribution in [0.1, 0.15) is 26.3 Å². The molecule has 1 N–H and O–H groups in total. The normalized spacial score (nSPS) is 14.5. The maximum Gasteiger partial charge on any atom is 0.410 e. The lowest BCUT2D eigenvalue weighted by Gasteiger charge is -2.36. The molecule has 2 amide bonds. The van der Waals surface area contributed by atoms with Crippen molar-refractivity contribution in [3.05, 3.63) is 42.4 Å². The van der Waals surface area contributed by atoms with Crippen LogP contribution in [0.4, 0.5) is 16.3 Å². The molecule has 3 heterocycles. The maximum absolute atomic E-state index is 12.3.